The van der Waals surface area contributed by atoms with Gasteiger partial charge in [-0.3, -0.25) is 0 Å². The molecule has 1 aromatic carbocycles. The number of hydrogen-bond donors (Lipinski definition) is 1. The van der Waals surface area contributed by atoms with Crippen molar-refractivity contribution in [1.29, 1.82) is 0 Å². The van der Waals surface area contributed by atoms with Gasteiger partial charge in [0, 0.05) is 42.8 Å². The maximum atomic E-state index is 15.1. The Labute approximate surface area is 168 Å². The predicted molar refractivity (Wildman–Crippen MR) is 106 cm³/mol. The maximum absolute atomic E-state index is 15.1. The average molecular weight is 404 g/mol. The van der Waals surface area contributed by atoms with E-state index < -0.39 is 11.9 Å². The van der Waals surface area contributed by atoms with Crippen LogP contribution in [0.25, 0.3) is 5.69 Å². The van der Waals surface area contributed by atoms with Gasteiger partial charge in [0.05, 0.1) is 23.6 Å². The van der Waals surface area contributed by atoms with E-state index in [0.717, 1.165) is 11.3 Å². The van der Waals surface area contributed by atoms with Crippen molar-refractivity contribution in [2.24, 2.45) is 5.92 Å². The van der Waals surface area contributed by atoms with Crippen molar-refractivity contribution in [3.05, 3.63) is 76.4 Å². The molecule has 2 aromatic rings. The van der Waals surface area contributed by atoms with Crippen LogP contribution in [0, 0.1) is 11.7 Å². The summed E-state index contributed by atoms with van der Waals surface area (Å²) in [6.07, 6.45) is 7.19. The molecule has 1 aliphatic carbocycles. The second-order valence-corrected chi connectivity index (χ2v) is 7.65. The van der Waals surface area contributed by atoms with Crippen LogP contribution in [0.5, 0.6) is 0 Å². The van der Waals surface area contributed by atoms with Gasteiger partial charge in [0.2, 0.25) is 0 Å². The van der Waals surface area contributed by atoms with Gasteiger partial charge in [-0.2, -0.15) is 0 Å². The van der Waals surface area contributed by atoms with Crippen LogP contribution in [0.15, 0.2) is 54.3 Å². The van der Waals surface area contributed by atoms with Gasteiger partial charge in [0.25, 0.3) is 0 Å². The van der Waals surface area contributed by atoms with E-state index in [1.54, 1.807) is 17.7 Å². The smallest absolute Gasteiger partial charge is 0.149 e. The second kappa shape index (κ2) is 7.84. The highest BCUT2D eigenvalue weighted by atomic mass is 35.5. The number of hydrogen-bond acceptors (Lipinski definition) is 3. The van der Waals surface area contributed by atoms with Gasteiger partial charge < -0.3 is 19.1 Å². The number of aliphatic hydroxyl groups is 1. The van der Waals surface area contributed by atoms with Gasteiger partial charge in [0.15, 0.2) is 0 Å². The van der Waals surface area contributed by atoms with Crippen molar-refractivity contribution < 1.29 is 19.0 Å². The summed E-state index contributed by atoms with van der Waals surface area (Å²) >= 11 is 6.23. The van der Waals surface area contributed by atoms with Gasteiger partial charge in [-0.05, 0) is 36.8 Å². The molecule has 4 unspecified atom stereocenters. The zero-order chi connectivity index (χ0) is 19.8. The molecule has 1 aliphatic heterocycles. The van der Waals surface area contributed by atoms with E-state index in [1.165, 1.54) is 6.07 Å². The van der Waals surface area contributed by atoms with Crippen molar-refractivity contribution in [3.63, 3.8) is 0 Å². The van der Waals surface area contributed by atoms with Crippen molar-refractivity contribution in [3.8, 4) is 5.69 Å². The lowest BCUT2D eigenvalue weighted by Crippen LogP contribution is -2.31. The third-order valence-corrected chi connectivity index (χ3v) is 5.73. The third kappa shape index (κ3) is 3.22. The predicted octanol–water partition coefficient (Wildman–Crippen LogP) is 4.91. The van der Waals surface area contributed by atoms with Crippen LogP contribution in [-0.2, 0) is 9.47 Å². The first kappa shape index (κ1) is 19.4. The molecule has 2 aliphatic rings. The summed E-state index contributed by atoms with van der Waals surface area (Å²) in [5.74, 6) is -0.559. The molecule has 28 heavy (non-hydrogen) atoms. The molecule has 0 radical (unpaired) electrons. The summed E-state index contributed by atoms with van der Waals surface area (Å²) in [6.45, 7) is 1.98. The zero-order valence-electron chi connectivity index (χ0n) is 15.8. The van der Waals surface area contributed by atoms with Crippen molar-refractivity contribution in [2.75, 3.05) is 13.7 Å². The highest BCUT2D eigenvalue weighted by Gasteiger charge is 2.39. The summed E-state index contributed by atoms with van der Waals surface area (Å²) in [6, 6.07) is 6.84. The summed E-state index contributed by atoms with van der Waals surface area (Å²) < 4.78 is 29.2. The molecule has 148 valence electrons. The summed E-state index contributed by atoms with van der Waals surface area (Å²) in [5, 5.41) is 9.91. The standard InChI is InChI=1S/C22H23ClFNO3/c1-13-5-3-6-15(21(13)27-2)22-16-11-14(23)12-17(24)20(16)25-9-4-7-18(25)19(28-22)8-10-26/h3-7,9,11-12,15,19,21-22,26H,8,10H2,1-2H3. The topological polar surface area (TPSA) is 43.6 Å². The lowest BCUT2D eigenvalue weighted by Gasteiger charge is -2.34. The zero-order valence-corrected chi connectivity index (χ0v) is 16.6. The van der Waals surface area contributed by atoms with Crippen molar-refractivity contribution in [2.45, 2.75) is 31.7 Å². The summed E-state index contributed by atoms with van der Waals surface area (Å²) in [4.78, 5) is 0. The van der Waals surface area contributed by atoms with Crippen LogP contribution in [0.4, 0.5) is 4.39 Å². The molecule has 4 atom stereocenters. The molecule has 0 saturated carbocycles. The molecule has 0 fully saturated rings. The van der Waals surface area contributed by atoms with Crippen LogP contribution in [0.3, 0.4) is 0 Å². The monoisotopic (exact) mass is 403 g/mol. The Kier molecular flexibility index (Phi) is 5.43. The molecule has 1 aromatic heterocycles. The lowest BCUT2D eigenvalue weighted by atomic mass is 9.83. The quantitative estimate of drug-likeness (QED) is 0.788. The number of methoxy groups -OCH3 is 1. The average Bonchev–Trinajstić information content (AvgIpc) is 3.09. The molecule has 6 heteroatoms. The SMILES string of the molecule is COC1C(C)=CC=CC1C1OC(CCO)c2cccn2-c2c(F)cc(Cl)cc21. The number of allylic oxidation sites excluding steroid dienone is 2. The molecule has 4 nitrogen and oxygen atoms in total. The molecule has 0 saturated heterocycles. The van der Waals surface area contributed by atoms with E-state index in [1.807, 2.05) is 43.5 Å². The van der Waals surface area contributed by atoms with Crippen LogP contribution in [-0.4, -0.2) is 29.5 Å². The van der Waals surface area contributed by atoms with Gasteiger partial charge >= 0.3 is 0 Å². The number of aromatic nitrogens is 1. The lowest BCUT2D eigenvalue weighted by molar-refractivity contribution is -0.0721. The van der Waals surface area contributed by atoms with E-state index in [4.69, 9.17) is 21.1 Å². The number of fused-ring (bicyclic) bond motifs is 3. The second-order valence-electron chi connectivity index (χ2n) is 7.22. The minimum Gasteiger partial charge on any atom is -0.396 e. The summed E-state index contributed by atoms with van der Waals surface area (Å²) in [5.41, 5.74) is 2.99. The van der Waals surface area contributed by atoms with Crippen LogP contribution < -0.4 is 0 Å². The number of aliphatic hydroxyl groups excluding tert-OH is 1. The van der Waals surface area contributed by atoms with Crippen LogP contribution in [0.2, 0.25) is 5.02 Å². The highest BCUT2D eigenvalue weighted by Crippen LogP contribution is 2.46. The van der Waals surface area contributed by atoms with Gasteiger partial charge in [-0.15, -0.1) is 0 Å². The molecule has 0 spiro atoms. The molecular weight excluding hydrogens is 381 g/mol. The van der Waals surface area contributed by atoms with E-state index >= 15 is 4.39 Å². The van der Waals surface area contributed by atoms with E-state index in [-0.39, 0.29) is 24.7 Å². The molecule has 1 N–H and O–H groups in total. The first-order valence-corrected chi connectivity index (χ1v) is 9.73. The largest absolute Gasteiger partial charge is 0.396 e. The number of halogens is 2. The van der Waals surface area contributed by atoms with E-state index in [2.05, 4.69) is 0 Å². The van der Waals surface area contributed by atoms with Gasteiger partial charge in [0.1, 0.15) is 11.9 Å². The van der Waals surface area contributed by atoms with Crippen molar-refractivity contribution >= 4 is 11.6 Å². The summed E-state index contributed by atoms with van der Waals surface area (Å²) in [7, 11) is 1.67. The number of ether oxygens (including phenoxy) is 2. The Balaban J connectivity index is 1.91. The van der Waals surface area contributed by atoms with E-state index in [0.29, 0.717) is 22.7 Å². The normalized spacial score (nSPS) is 26.4. The molecule has 2 heterocycles. The fourth-order valence-electron chi connectivity index (χ4n) is 4.31. The molecule has 0 amide bonds. The Morgan fingerprint density at radius 3 is 2.93 bits per heavy atom. The van der Waals surface area contributed by atoms with Crippen LogP contribution in [0.1, 0.15) is 36.8 Å². The Morgan fingerprint density at radius 1 is 1.36 bits per heavy atom. The fraction of sp³-hybridized carbons (Fsp3) is 0.364. The first-order chi connectivity index (χ1) is 13.5. The molecular formula is C22H23ClFNO3. The van der Waals surface area contributed by atoms with E-state index in [9.17, 15) is 5.11 Å². The van der Waals surface area contributed by atoms with Gasteiger partial charge in [-0.25, -0.2) is 4.39 Å². The molecule has 0 bridgehead atoms. The number of nitrogens with zero attached hydrogens (tertiary/aromatic N) is 1. The minimum absolute atomic E-state index is 0.0324. The van der Waals surface area contributed by atoms with Crippen molar-refractivity contribution in [1.82, 2.24) is 4.57 Å². The Hall–Kier alpha value is -1.92. The Bertz CT molecular complexity index is 936. The van der Waals surface area contributed by atoms with Crippen LogP contribution >= 0.6 is 11.6 Å². The Morgan fingerprint density at radius 2 is 2.18 bits per heavy atom. The highest BCUT2D eigenvalue weighted by molar-refractivity contribution is 6.30. The minimum atomic E-state index is -0.482. The fourth-order valence-corrected chi connectivity index (χ4v) is 4.52. The third-order valence-electron chi connectivity index (χ3n) is 5.51. The maximum Gasteiger partial charge on any atom is 0.149 e. The number of benzene rings is 1. The molecule has 4 rings (SSSR count). The first-order valence-electron chi connectivity index (χ1n) is 9.35. The van der Waals surface area contributed by atoms with Gasteiger partial charge in [-0.1, -0.05) is 29.8 Å². The number of rotatable bonds is 4.